The fourth-order valence-electron chi connectivity index (χ4n) is 3.39. The Morgan fingerprint density at radius 1 is 1.07 bits per heavy atom. The SMILES string of the molecule is COc1ccc(C2=C(C)C(=N[C@@H](C)c3ccc4c(c3)OCCO4)NS2(=O)=O)cc1. The number of nitrogens with zero attached hydrogens (tertiary/aromatic N) is 1. The number of amidine groups is 1. The molecule has 2 heterocycles. The first-order chi connectivity index (χ1) is 13.9. The van der Waals surface area contributed by atoms with Gasteiger partial charge >= 0.3 is 0 Å². The number of hydrogen-bond acceptors (Lipinski definition) is 6. The lowest BCUT2D eigenvalue weighted by Crippen LogP contribution is -2.24. The Labute approximate surface area is 170 Å². The van der Waals surface area contributed by atoms with E-state index in [4.69, 9.17) is 14.2 Å². The average Bonchev–Trinajstić information content (AvgIpc) is 2.95. The molecule has 29 heavy (non-hydrogen) atoms. The van der Waals surface area contributed by atoms with E-state index in [1.54, 1.807) is 38.3 Å². The Morgan fingerprint density at radius 2 is 1.76 bits per heavy atom. The summed E-state index contributed by atoms with van der Waals surface area (Å²) in [7, 11) is -2.12. The molecule has 0 unspecified atom stereocenters. The topological polar surface area (TPSA) is 86.2 Å². The minimum atomic E-state index is -3.69. The first-order valence-electron chi connectivity index (χ1n) is 9.25. The quantitative estimate of drug-likeness (QED) is 0.830. The number of hydrogen-bond donors (Lipinski definition) is 1. The fraction of sp³-hybridized carbons (Fsp3) is 0.286. The van der Waals surface area contributed by atoms with Gasteiger partial charge in [0.1, 0.15) is 29.7 Å². The Hall–Kier alpha value is -3.00. The van der Waals surface area contributed by atoms with Crippen molar-refractivity contribution in [3.05, 3.63) is 59.2 Å². The molecule has 7 nitrogen and oxygen atoms in total. The van der Waals surface area contributed by atoms with Crippen molar-refractivity contribution in [2.75, 3.05) is 20.3 Å². The number of ether oxygens (including phenoxy) is 3. The number of aliphatic imine (C=N–C) groups is 1. The lowest BCUT2D eigenvalue weighted by molar-refractivity contribution is 0.171. The molecule has 1 N–H and O–H groups in total. The van der Waals surface area contributed by atoms with Crippen LogP contribution >= 0.6 is 0 Å². The van der Waals surface area contributed by atoms with Crippen LogP contribution in [0.25, 0.3) is 4.91 Å². The van der Waals surface area contributed by atoms with Gasteiger partial charge in [-0.05, 0) is 61.4 Å². The van der Waals surface area contributed by atoms with E-state index in [1.165, 1.54) is 0 Å². The number of rotatable bonds is 4. The van der Waals surface area contributed by atoms with E-state index in [0.717, 1.165) is 5.56 Å². The van der Waals surface area contributed by atoms with Crippen LogP contribution in [0.1, 0.15) is 31.0 Å². The van der Waals surface area contributed by atoms with Crippen molar-refractivity contribution >= 4 is 20.8 Å². The normalized spacial score (nSPS) is 19.8. The minimum Gasteiger partial charge on any atom is -0.497 e. The van der Waals surface area contributed by atoms with E-state index in [1.807, 2.05) is 25.1 Å². The minimum absolute atomic E-state index is 0.230. The zero-order chi connectivity index (χ0) is 20.6. The van der Waals surface area contributed by atoms with Gasteiger partial charge in [0.05, 0.1) is 13.2 Å². The van der Waals surface area contributed by atoms with Crippen molar-refractivity contribution in [3.8, 4) is 17.2 Å². The third-order valence-corrected chi connectivity index (χ3v) is 6.46. The van der Waals surface area contributed by atoms with Crippen LogP contribution in [0.3, 0.4) is 0 Å². The van der Waals surface area contributed by atoms with Crippen LogP contribution in [-0.2, 0) is 10.0 Å². The molecule has 152 valence electrons. The molecule has 4 rings (SSSR count). The van der Waals surface area contributed by atoms with E-state index >= 15 is 0 Å². The lowest BCUT2D eigenvalue weighted by atomic mass is 10.1. The Bertz CT molecular complexity index is 1100. The summed E-state index contributed by atoms with van der Waals surface area (Å²) in [4.78, 5) is 4.86. The van der Waals surface area contributed by atoms with Crippen molar-refractivity contribution in [3.63, 3.8) is 0 Å². The van der Waals surface area contributed by atoms with E-state index in [9.17, 15) is 8.42 Å². The third-order valence-electron chi connectivity index (χ3n) is 4.92. The third kappa shape index (κ3) is 3.67. The van der Waals surface area contributed by atoms with Crippen LogP contribution in [0.15, 0.2) is 53.0 Å². The van der Waals surface area contributed by atoms with Gasteiger partial charge in [0, 0.05) is 5.57 Å². The van der Waals surface area contributed by atoms with Crippen LogP contribution in [0.4, 0.5) is 0 Å². The smallest absolute Gasteiger partial charge is 0.264 e. The molecule has 0 saturated carbocycles. The predicted octanol–water partition coefficient (Wildman–Crippen LogP) is 3.29. The van der Waals surface area contributed by atoms with E-state index in [-0.39, 0.29) is 10.9 Å². The van der Waals surface area contributed by atoms with Crippen LogP contribution < -0.4 is 18.9 Å². The van der Waals surface area contributed by atoms with Gasteiger partial charge in [0.15, 0.2) is 11.5 Å². The molecule has 0 amide bonds. The van der Waals surface area contributed by atoms with E-state index in [0.29, 0.717) is 47.4 Å². The summed E-state index contributed by atoms with van der Waals surface area (Å²) in [5.41, 5.74) is 2.08. The summed E-state index contributed by atoms with van der Waals surface area (Å²) in [6.07, 6.45) is 0. The highest BCUT2D eigenvalue weighted by molar-refractivity contribution is 8.00. The monoisotopic (exact) mass is 414 g/mol. The average molecular weight is 414 g/mol. The Morgan fingerprint density at radius 3 is 2.45 bits per heavy atom. The fourth-order valence-corrected chi connectivity index (χ4v) is 4.90. The molecular formula is C21H22N2O5S. The van der Waals surface area contributed by atoms with Gasteiger partial charge in [0.25, 0.3) is 10.0 Å². The number of benzene rings is 2. The van der Waals surface area contributed by atoms with Crippen molar-refractivity contribution in [2.45, 2.75) is 19.9 Å². The second kappa shape index (κ2) is 7.44. The van der Waals surface area contributed by atoms with Gasteiger partial charge in [-0.2, -0.15) is 0 Å². The molecule has 2 aliphatic heterocycles. The summed E-state index contributed by atoms with van der Waals surface area (Å²) in [5, 5.41) is 0. The second-order valence-electron chi connectivity index (χ2n) is 6.84. The maximum atomic E-state index is 12.7. The highest BCUT2D eigenvalue weighted by Gasteiger charge is 2.33. The van der Waals surface area contributed by atoms with Crippen molar-refractivity contribution in [1.82, 2.24) is 4.72 Å². The molecule has 2 aliphatic rings. The second-order valence-corrected chi connectivity index (χ2v) is 8.46. The van der Waals surface area contributed by atoms with Gasteiger partial charge in [-0.1, -0.05) is 6.07 Å². The summed E-state index contributed by atoms with van der Waals surface area (Å²) in [5.74, 6) is 2.40. The molecule has 2 aromatic rings. The number of sulfonamides is 1. The molecule has 0 fully saturated rings. The van der Waals surface area contributed by atoms with Gasteiger partial charge in [-0.3, -0.25) is 9.71 Å². The van der Waals surface area contributed by atoms with E-state index < -0.39 is 10.0 Å². The van der Waals surface area contributed by atoms with Crippen molar-refractivity contribution in [1.29, 1.82) is 0 Å². The molecule has 0 radical (unpaired) electrons. The lowest BCUT2D eigenvalue weighted by Gasteiger charge is -2.19. The van der Waals surface area contributed by atoms with Crippen molar-refractivity contribution < 1.29 is 22.6 Å². The van der Waals surface area contributed by atoms with Crippen LogP contribution in [0, 0.1) is 0 Å². The highest BCUT2D eigenvalue weighted by Crippen LogP contribution is 2.35. The molecule has 2 aromatic carbocycles. The van der Waals surface area contributed by atoms with Crippen LogP contribution in [0.5, 0.6) is 17.2 Å². The highest BCUT2D eigenvalue weighted by atomic mass is 32.2. The molecular weight excluding hydrogens is 392 g/mol. The predicted molar refractivity (Wildman–Crippen MR) is 111 cm³/mol. The number of methoxy groups -OCH3 is 1. The first kappa shape index (κ1) is 19.3. The van der Waals surface area contributed by atoms with Crippen LogP contribution in [0.2, 0.25) is 0 Å². The summed E-state index contributed by atoms with van der Waals surface area (Å²) in [6, 6.07) is 12.3. The maximum Gasteiger partial charge on any atom is 0.264 e. The molecule has 8 heteroatoms. The molecule has 0 spiro atoms. The molecule has 0 bridgehead atoms. The zero-order valence-electron chi connectivity index (χ0n) is 16.4. The van der Waals surface area contributed by atoms with Gasteiger partial charge in [0.2, 0.25) is 0 Å². The van der Waals surface area contributed by atoms with Gasteiger partial charge in [-0.15, -0.1) is 0 Å². The molecule has 0 aliphatic carbocycles. The maximum absolute atomic E-state index is 12.7. The first-order valence-corrected chi connectivity index (χ1v) is 10.7. The zero-order valence-corrected chi connectivity index (χ0v) is 17.2. The largest absolute Gasteiger partial charge is 0.497 e. The van der Waals surface area contributed by atoms with Gasteiger partial charge in [-0.25, -0.2) is 8.42 Å². The summed E-state index contributed by atoms with van der Waals surface area (Å²) < 4.78 is 44.4. The molecule has 1 atom stereocenters. The van der Waals surface area contributed by atoms with Gasteiger partial charge < -0.3 is 14.2 Å². The Kier molecular flexibility index (Phi) is 4.96. The molecule has 0 aromatic heterocycles. The van der Waals surface area contributed by atoms with Crippen molar-refractivity contribution in [2.24, 2.45) is 4.99 Å². The van der Waals surface area contributed by atoms with Crippen LogP contribution in [-0.4, -0.2) is 34.6 Å². The summed E-state index contributed by atoms with van der Waals surface area (Å²) in [6.45, 7) is 4.70. The standard InChI is InChI=1S/C21H22N2O5S/c1-13-20(15-4-7-17(26-3)8-5-15)29(24,25)23-21(13)22-14(2)16-6-9-18-19(12-16)28-11-10-27-18/h4-9,12,14H,10-11H2,1-3H3,(H,22,23)/t14-/m0/s1. The Balaban J connectivity index is 1.67. The molecule has 0 saturated heterocycles. The number of nitrogens with one attached hydrogen (secondary N) is 1. The number of fused-ring (bicyclic) bond motifs is 1. The van der Waals surface area contributed by atoms with E-state index in [2.05, 4.69) is 9.71 Å². The summed E-state index contributed by atoms with van der Waals surface area (Å²) >= 11 is 0.